The summed E-state index contributed by atoms with van der Waals surface area (Å²) in [7, 11) is 1.77. The molecule has 1 atom stereocenters. The molecule has 1 fully saturated rings. The molecule has 0 saturated carbocycles. The van der Waals surface area contributed by atoms with E-state index in [0.29, 0.717) is 17.8 Å². The Morgan fingerprint density at radius 1 is 1.47 bits per heavy atom. The number of amides is 1. The molecule has 1 saturated heterocycles. The Morgan fingerprint density at radius 3 is 3.00 bits per heavy atom. The Kier molecular flexibility index (Phi) is 2.86. The molecule has 19 heavy (non-hydrogen) atoms. The summed E-state index contributed by atoms with van der Waals surface area (Å²) in [6.07, 6.45) is 1.83. The van der Waals surface area contributed by atoms with E-state index in [1.165, 1.54) is 12.1 Å². The third-order valence-electron chi connectivity index (χ3n) is 3.89. The number of benzene rings is 1. The van der Waals surface area contributed by atoms with Gasteiger partial charge in [-0.1, -0.05) is 12.1 Å². The fourth-order valence-corrected chi connectivity index (χ4v) is 2.76. The van der Waals surface area contributed by atoms with Gasteiger partial charge in [-0.15, -0.1) is 0 Å². The molecule has 0 aliphatic carbocycles. The first kappa shape index (κ1) is 12.3. The quantitative estimate of drug-likeness (QED) is 0.824. The van der Waals surface area contributed by atoms with E-state index in [4.69, 9.17) is 0 Å². The fourth-order valence-electron chi connectivity index (χ4n) is 2.76. The summed E-state index contributed by atoms with van der Waals surface area (Å²) in [6, 6.07) is 6.05. The smallest absolute Gasteiger partial charge is 0.274 e. The SMILES string of the molecule is CN1C(=O)C(c2cccc(F)c2)=N[C@@]12CCCNC2. The van der Waals surface area contributed by atoms with Crippen molar-refractivity contribution in [3.8, 4) is 0 Å². The lowest BCUT2D eigenvalue weighted by Gasteiger charge is -2.37. The van der Waals surface area contributed by atoms with Gasteiger partial charge in [0, 0.05) is 19.2 Å². The van der Waals surface area contributed by atoms with E-state index < -0.39 is 5.66 Å². The molecule has 1 aromatic rings. The Labute approximate surface area is 111 Å². The molecule has 2 aliphatic rings. The summed E-state index contributed by atoms with van der Waals surface area (Å²) < 4.78 is 13.3. The number of piperidine rings is 1. The lowest BCUT2D eigenvalue weighted by molar-refractivity contribution is -0.126. The van der Waals surface area contributed by atoms with Crippen LogP contribution in [0.15, 0.2) is 29.3 Å². The van der Waals surface area contributed by atoms with Crippen molar-refractivity contribution in [2.24, 2.45) is 4.99 Å². The first-order valence-corrected chi connectivity index (χ1v) is 6.47. The average Bonchev–Trinajstić information content (AvgIpc) is 2.66. The topological polar surface area (TPSA) is 44.7 Å². The van der Waals surface area contributed by atoms with Crippen LogP contribution in [0.3, 0.4) is 0 Å². The van der Waals surface area contributed by atoms with Gasteiger partial charge in [-0.3, -0.25) is 4.79 Å². The standard InChI is InChI=1S/C14H16FN3O/c1-18-13(19)12(10-4-2-5-11(15)8-10)17-14(18)6-3-7-16-9-14/h2,4-5,8,16H,3,6-7,9H2,1H3/t14-/m0/s1. The Bertz CT molecular complexity index is 549. The fraction of sp³-hybridized carbons (Fsp3) is 0.429. The Morgan fingerprint density at radius 2 is 2.32 bits per heavy atom. The molecular weight excluding hydrogens is 245 g/mol. The zero-order valence-corrected chi connectivity index (χ0v) is 10.8. The second-order valence-corrected chi connectivity index (χ2v) is 5.10. The number of rotatable bonds is 1. The van der Waals surface area contributed by atoms with Crippen molar-refractivity contribution in [1.29, 1.82) is 0 Å². The van der Waals surface area contributed by atoms with Crippen LogP contribution in [0.25, 0.3) is 0 Å². The van der Waals surface area contributed by atoms with Crippen LogP contribution in [-0.4, -0.2) is 42.3 Å². The molecule has 5 heteroatoms. The van der Waals surface area contributed by atoms with E-state index in [1.54, 1.807) is 24.1 Å². The number of carbonyl (C=O) groups excluding carboxylic acids is 1. The molecule has 2 aliphatic heterocycles. The van der Waals surface area contributed by atoms with Crippen LogP contribution < -0.4 is 5.32 Å². The number of aliphatic imine (C=N–C) groups is 1. The second kappa shape index (κ2) is 4.42. The first-order valence-electron chi connectivity index (χ1n) is 6.47. The lowest BCUT2D eigenvalue weighted by Crippen LogP contribution is -2.53. The normalized spacial score (nSPS) is 26.9. The largest absolute Gasteiger partial charge is 0.314 e. The summed E-state index contributed by atoms with van der Waals surface area (Å²) in [5.41, 5.74) is 0.432. The van der Waals surface area contributed by atoms with Gasteiger partial charge in [0.15, 0.2) is 0 Å². The van der Waals surface area contributed by atoms with Crippen LogP contribution in [0.2, 0.25) is 0 Å². The maximum atomic E-state index is 13.3. The molecule has 1 spiro atoms. The summed E-state index contributed by atoms with van der Waals surface area (Å²) in [6.45, 7) is 1.61. The summed E-state index contributed by atoms with van der Waals surface area (Å²) in [4.78, 5) is 18.6. The van der Waals surface area contributed by atoms with Crippen LogP contribution in [0.5, 0.6) is 0 Å². The highest BCUT2D eigenvalue weighted by Crippen LogP contribution is 2.31. The lowest BCUT2D eigenvalue weighted by atomic mass is 10.00. The van der Waals surface area contributed by atoms with Crippen LogP contribution in [0.1, 0.15) is 18.4 Å². The molecule has 3 rings (SSSR count). The molecule has 0 bridgehead atoms. The van der Waals surface area contributed by atoms with Gasteiger partial charge in [0.25, 0.3) is 5.91 Å². The van der Waals surface area contributed by atoms with E-state index in [0.717, 1.165) is 19.4 Å². The van der Waals surface area contributed by atoms with Crippen molar-refractivity contribution in [3.05, 3.63) is 35.6 Å². The first-order chi connectivity index (χ1) is 9.12. The van der Waals surface area contributed by atoms with E-state index >= 15 is 0 Å². The molecule has 2 heterocycles. The van der Waals surface area contributed by atoms with Gasteiger partial charge in [-0.05, 0) is 31.5 Å². The van der Waals surface area contributed by atoms with Crippen LogP contribution >= 0.6 is 0 Å². The van der Waals surface area contributed by atoms with E-state index in [9.17, 15) is 9.18 Å². The minimum Gasteiger partial charge on any atom is -0.314 e. The van der Waals surface area contributed by atoms with Crippen molar-refractivity contribution in [3.63, 3.8) is 0 Å². The van der Waals surface area contributed by atoms with Crippen LogP contribution in [-0.2, 0) is 4.79 Å². The predicted molar refractivity (Wildman–Crippen MR) is 70.5 cm³/mol. The highest BCUT2D eigenvalue weighted by molar-refractivity contribution is 6.46. The minimum absolute atomic E-state index is 0.130. The minimum atomic E-state index is -0.489. The molecule has 1 N–H and O–H groups in total. The summed E-state index contributed by atoms with van der Waals surface area (Å²) in [5.74, 6) is -0.479. The third kappa shape index (κ3) is 1.94. The molecular formula is C14H16FN3O. The van der Waals surface area contributed by atoms with Gasteiger partial charge in [-0.2, -0.15) is 0 Å². The highest BCUT2D eigenvalue weighted by Gasteiger charge is 2.45. The Balaban J connectivity index is 2.01. The molecule has 4 nitrogen and oxygen atoms in total. The average molecular weight is 261 g/mol. The number of nitrogens with one attached hydrogen (secondary N) is 1. The summed E-state index contributed by atoms with van der Waals surface area (Å²) in [5, 5.41) is 3.28. The maximum absolute atomic E-state index is 13.3. The van der Waals surface area contributed by atoms with Crippen molar-refractivity contribution in [2.75, 3.05) is 20.1 Å². The second-order valence-electron chi connectivity index (χ2n) is 5.10. The van der Waals surface area contributed by atoms with Crippen molar-refractivity contribution >= 4 is 11.6 Å². The number of nitrogens with zero attached hydrogens (tertiary/aromatic N) is 2. The number of likely N-dealkylation sites (N-methyl/N-ethyl adjacent to an activating group) is 1. The van der Waals surface area contributed by atoms with Gasteiger partial charge >= 0.3 is 0 Å². The van der Waals surface area contributed by atoms with Gasteiger partial charge in [-0.25, -0.2) is 9.38 Å². The highest BCUT2D eigenvalue weighted by atomic mass is 19.1. The molecule has 0 unspecified atom stereocenters. The van der Waals surface area contributed by atoms with Crippen LogP contribution in [0, 0.1) is 5.82 Å². The van der Waals surface area contributed by atoms with E-state index in [2.05, 4.69) is 10.3 Å². The Hall–Kier alpha value is -1.75. The molecule has 100 valence electrons. The van der Waals surface area contributed by atoms with E-state index in [-0.39, 0.29) is 11.7 Å². The summed E-state index contributed by atoms with van der Waals surface area (Å²) >= 11 is 0. The molecule has 0 radical (unpaired) electrons. The number of carbonyl (C=O) groups is 1. The van der Waals surface area contributed by atoms with Gasteiger partial charge in [0.05, 0.1) is 0 Å². The number of hydrogen-bond acceptors (Lipinski definition) is 3. The zero-order chi connectivity index (χ0) is 13.5. The monoisotopic (exact) mass is 261 g/mol. The van der Waals surface area contributed by atoms with Gasteiger partial charge in [0.1, 0.15) is 17.2 Å². The number of hydrogen-bond donors (Lipinski definition) is 1. The number of halogens is 1. The molecule has 0 aromatic heterocycles. The molecule has 1 amide bonds. The van der Waals surface area contributed by atoms with Crippen molar-refractivity contribution < 1.29 is 9.18 Å². The van der Waals surface area contributed by atoms with Gasteiger partial charge < -0.3 is 10.2 Å². The van der Waals surface area contributed by atoms with Crippen LogP contribution in [0.4, 0.5) is 4.39 Å². The van der Waals surface area contributed by atoms with Crippen molar-refractivity contribution in [1.82, 2.24) is 10.2 Å². The van der Waals surface area contributed by atoms with Gasteiger partial charge in [0.2, 0.25) is 0 Å². The van der Waals surface area contributed by atoms with Crippen molar-refractivity contribution in [2.45, 2.75) is 18.5 Å². The zero-order valence-electron chi connectivity index (χ0n) is 10.8. The molecule has 1 aromatic carbocycles. The van der Waals surface area contributed by atoms with E-state index in [1.807, 2.05) is 0 Å². The maximum Gasteiger partial charge on any atom is 0.274 e. The third-order valence-corrected chi connectivity index (χ3v) is 3.89. The predicted octanol–water partition coefficient (Wildman–Crippen LogP) is 1.17.